The Kier molecular flexibility index (Phi) is 6.50. The van der Waals surface area contributed by atoms with Crippen molar-refractivity contribution in [2.75, 3.05) is 26.1 Å². The van der Waals surface area contributed by atoms with Crippen molar-refractivity contribution in [3.8, 4) is 11.5 Å². The van der Waals surface area contributed by atoms with Gasteiger partial charge >= 0.3 is 5.97 Å². The van der Waals surface area contributed by atoms with Gasteiger partial charge < -0.3 is 19.5 Å². The summed E-state index contributed by atoms with van der Waals surface area (Å²) in [5.74, 6) is -0.00226. The molecule has 1 unspecified atom stereocenters. The number of aromatic nitrogens is 1. The molecule has 2 aromatic carbocycles. The van der Waals surface area contributed by atoms with E-state index in [2.05, 4.69) is 26.2 Å². The maximum atomic E-state index is 14.0. The van der Waals surface area contributed by atoms with E-state index < -0.39 is 17.6 Å². The average Bonchev–Trinajstić information content (AvgIpc) is 3.37. The van der Waals surface area contributed by atoms with Crippen molar-refractivity contribution >= 4 is 50.4 Å². The number of methoxy groups -OCH3 is 2. The molecule has 0 saturated heterocycles. The molecule has 1 N–H and O–H groups in total. The lowest BCUT2D eigenvalue weighted by Crippen LogP contribution is -2.40. The van der Waals surface area contributed by atoms with Crippen molar-refractivity contribution < 1.29 is 23.8 Å². The molecule has 5 rings (SSSR count). The van der Waals surface area contributed by atoms with Crippen molar-refractivity contribution in [2.24, 2.45) is 4.99 Å². The minimum absolute atomic E-state index is 0.161. The first-order chi connectivity index (χ1) is 17.8. The van der Waals surface area contributed by atoms with E-state index in [0.29, 0.717) is 38.8 Å². The van der Waals surface area contributed by atoms with Gasteiger partial charge in [0.15, 0.2) is 16.3 Å². The summed E-state index contributed by atoms with van der Waals surface area (Å²) >= 11 is 4.55. The number of halogens is 1. The Morgan fingerprint density at radius 3 is 2.59 bits per heavy atom. The predicted molar refractivity (Wildman–Crippen MR) is 142 cm³/mol. The number of hydrogen-bond acceptors (Lipinski definition) is 8. The van der Waals surface area contributed by atoms with E-state index in [4.69, 9.17) is 14.2 Å². The highest BCUT2D eigenvalue weighted by Gasteiger charge is 2.35. The highest BCUT2D eigenvalue weighted by atomic mass is 79.9. The zero-order chi connectivity index (χ0) is 26.4. The number of anilines is 1. The second-order valence-electron chi connectivity index (χ2n) is 8.26. The number of benzene rings is 2. The quantitative estimate of drug-likeness (QED) is 0.463. The fraction of sp³-hybridized carbons (Fsp3) is 0.231. The van der Waals surface area contributed by atoms with Crippen LogP contribution >= 0.6 is 27.3 Å². The Labute approximate surface area is 223 Å². The van der Waals surface area contributed by atoms with Crippen LogP contribution in [0.4, 0.5) is 5.69 Å². The van der Waals surface area contributed by atoms with Gasteiger partial charge in [-0.25, -0.2) is 9.79 Å². The van der Waals surface area contributed by atoms with Crippen LogP contribution in [0.3, 0.4) is 0 Å². The molecule has 0 aliphatic carbocycles. The summed E-state index contributed by atoms with van der Waals surface area (Å²) in [4.78, 5) is 45.1. The maximum Gasteiger partial charge on any atom is 0.338 e. The number of hydrogen-bond donors (Lipinski definition) is 1. The van der Waals surface area contributed by atoms with Gasteiger partial charge in [-0.15, -0.1) is 0 Å². The van der Waals surface area contributed by atoms with Gasteiger partial charge in [-0.05, 0) is 49.7 Å². The van der Waals surface area contributed by atoms with Gasteiger partial charge in [0.1, 0.15) is 4.53 Å². The Hall–Kier alpha value is -3.70. The van der Waals surface area contributed by atoms with Crippen LogP contribution in [0.5, 0.6) is 11.5 Å². The molecule has 0 saturated carbocycles. The molecule has 0 bridgehead atoms. The molecule has 2 aliphatic heterocycles. The van der Waals surface area contributed by atoms with E-state index in [-0.39, 0.29) is 28.2 Å². The van der Waals surface area contributed by atoms with Crippen LogP contribution in [0.15, 0.2) is 61.9 Å². The average molecular weight is 584 g/mol. The molecule has 2 aliphatic rings. The van der Waals surface area contributed by atoms with Gasteiger partial charge in [-0.3, -0.25) is 14.2 Å². The summed E-state index contributed by atoms with van der Waals surface area (Å²) in [7, 11) is 3.04. The van der Waals surface area contributed by atoms with E-state index >= 15 is 0 Å². The third kappa shape index (κ3) is 4.08. The van der Waals surface area contributed by atoms with Gasteiger partial charge in [-0.1, -0.05) is 33.3 Å². The molecule has 0 fully saturated rings. The molecule has 1 amide bonds. The standard InChI is InChI=1S/C26H22BrN3O6S/c1-5-36-25(33)19-12(2)28-26-30(21(19)13-6-9-17(34-3)18(10-13)35-4)24(32)22(37-26)20-15-11-14(27)7-8-16(15)29-23(20)31/h6-11,21H,5H2,1-4H3,(H,29,31)/b22-20+. The van der Waals surface area contributed by atoms with Gasteiger partial charge in [0, 0.05) is 15.7 Å². The number of allylic oxidation sites excluding steroid dienone is 1. The van der Waals surface area contributed by atoms with Gasteiger partial charge in [0.25, 0.3) is 11.5 Å². The largest absolute Gasteiger partial charge is 0.493 e. The number of fused-ring (bicyclic) bond motifs is 2. The normalized spacial score (nSPS) is 17.5. The number of amides is 1. The fourth-order valence-corrected chi connectivity index (χ4v) is 6.05. The Bertz CT molecular complexity index is 1690. The monoisotopic (exact) mass is 583 g/mol. The van der Waals surface area contributed by atoms with Crippen LogP contribution in [0.1, 0.15) is 31.0 Å². The number of rotatable bonds is 5. The molecule has 190 valence electrons. The van der Waals surface area contributed by atoms with E-state index in [1.54, 1.807) is 44.2 Å². The SMILES string of the molecule is CCOC(=O)C1=C(C)N=c2s/c(=C3/C(=O)Nc4ccc(Br)cc43)c(=O)n2C1c1ccc(OC)c(OC)c1. The second kappa shape index (κ2) is 9.64. The number of ether oxygens (including phenoxy) is 3. The summed E-state index contributed by atoms with van der Waals surface area (Å²) in [5.41, 5.74) is 2.34. The van der Waals surface area contributed by atoms with Crippen molar-refractivity contribution in [3.05, 3.63) is 83.0 Å². The first-order valence-electron chi connectivity index (χ1n) is 11.3. The number of nitrogens with one attached hydrogen (secondary N) is 1. The minimum Gasteiger partial charge on any atom is -0.493 e. The highest BCUT2D eigenvalue weighted by Crippen LogP contribution is 2.36. The molecule has 11 heteroatoms. The van der Waals surface area contributed by atoms with Crippen LogP contribution < -0.4 is 29.7 Å². The predicted octanol–water partition coefficient (Wildman–Crippen LogP) is 2.90. The molecular formula is C26H22BrN3O6S. The highest BCUT2D eigenvalue weighted by molar-refractivity contribution is 9.10. The summed E-state index contributed by atoms with van der Waals surface area (Å²) in [6.07, 6.45) is 0. The van der Waals surface area contributed by atoms with Gasteiger partial charge in [0.2, 0.25) is 0 Å². The smallest absolute Gasteiger partial charge is 0.338 e. The zero-order valence-corrected chi connectivity index (χ0v) is 22.8. The first-order valence-corrected chi connectivity index (χ1v) is 12.9. The number of thiazole rings is 1. The molecule has 9 nitrogen and oxygen atoms in total. The van der Waals surface area contributed by atoms with Crippen LogP contribution in [0.2, 0.25) is 0 Å². The fourth-order valence-electron chi connectivity index (χ4n) is 4.55. The van der Waals surface area contributed by atoms with E-state index in [1.807, 2.05) is 6.07 Å². The van der Waals surface area contributed by atoms with Crippen LogP contribution in [-0.2, 0) is 14.3 Å². The third-order valence-electron chi connectivity index (χ3n) is 6.17. The van der Waals surface area contributed by atoms with E-state index in [1.165, 1.54) is 18.8 Å². The van der Waals surface area contributed by atoms with Crippen molar-refractivity contribution in [2.45, 2.75) is 19.9 Å². The molecule has 0 spiro atoms. The lowest BCUT2D eigenvalue weighted by atomic mass is 9.95. The number of esters is 1. The van der Waals surface area contributed by atoms with Crippen molar-refractivity contribution in [1.29, 1.82) is 0 Å². The van der Waals surface area contributed by atoms with Crippen LogP contribution in [-0.4, -0.2) is 37.3 Å². The summed E-state index contributed by atoms with van der Waals surface area (Å²) in [5, 5.41) is 2.82. The van der Waals surface area contributed by atoms with Gasteiger partial charge in [-0.2, -0.15) is 0 Å². The first kappa shape index (κ1) is 25.0. The number of carbonyl (C=O) groups excluding carboxylic acids is 2. The zero-order valence-electron chi connectivity index (χ0n) is 20.4. The molecule has 37 heavy (non-hydrogen) atoms. The summed E-state index contributed by atoms with van der Waals surface area (Å²) < 4.78 is 18.6. The van der Waals surface area contributed by atoms with Crippen molar-refractivity contribution in [3.63, 3.8) is 0 Å². The summed E-state index contributed by atoms with van der Waals surface area (Å²) in [6, 6.07) is 9.73. The van der Waals surface area contributed by atoms with E-state index in [9.17, 15) is 14.4 Å². The molecule has 3 heterocycles. The minimum atomic E-state index is -0.851. The van der Waals surface area contributed by atoms with Crippen LogP contribution in [0, 0.1) is 0 Å². The Morgan fingerprint density at radius 2 is 1.89 bits per heavy atom. The Balaban J connectivity index is 1.82. The lowest BCUT2D eigenvalue weighted by molar-refractivity contribution is -0.139. The number of carbonyl (C=O) groups is 2. The van der Waals surface area contributed by atoms with Gasteiger partial charge in [0.05, 0.1) is 43.7 Å². The molecule has 0 radical (unpaired) electrons. The topological polar surface area (TPSA) is 108 Å². The lowest BCUT2D eigenvalue weighted by Gasteiger charge is -2.25. The number of nitrogens with zero attached hydrogens (tertiary/aromatic N) is 2. The third-order valence-corrected chi connectivity index (χ3v) is 7.72. The maximum absolute atomic E-state index is 14.0. The van der Waals surface area contributed by atoms with Crippen LogP contribution in [0.25, 0.3) is 5.57 Å². The molecular weight excluding hydrogens is 562 g/mol. The molecule has 1 atom stereocenters. The van der Waals surface area contributed by atoms with E-state index in [0.717, 1.165) is 15.8 Å². The summed E-state index contributed by atoms with van der Waals surface area (Å²) in [6.45, 7) is 3.58. The molecule has 1 aromatic heterocycles. The Morgan fingerprint density at radius 1 is 1.14 bits per heavy atom. The second-order valence-corrected chi connectivity index (χ2v) is 10.1. The molecule has 3 aromatic rings. The van der Waals surface area contributed by atoms with Crippen molar-refractivity contribution in [1.82, 2.24) is 4.57 Å².